The van der Waals surface area contributed by atoms with Crippen molar-refractivity contribution in [3.8, 4) is 6.07 Å². The third-order valence-electron chi connectivity index (χ3n) is 5.09. The lowest BCUT2D eigenvalue weighted by Gasteiger charge is -2.40. The van der Waals surface area contributed by atoms with E-state index in [4.69, 9.17) is 0 Å². The Bertz CT molecular complexity index is 375. The normalized spacial score (nSPS) is 24.2. The summed E-state index contributed by atoms with van der Waals surface area (Å²) in [4.78, 5) is 14.6. The summed E-state index contributed by atoms with van der Waals surface area (Å²) in [6.07, 6.45) is 5.74. The van der Waals surface area contributed by atoms with Crippen molar-refractivity contribution in [3.05, 3.63) is 0 Å². The summed E-state index contributed by atoms with van der Waals surface area (Å²) in [6.45, 7) is 8.52. The van der Waals surface area contributed by atoms with E-state index in [0.29, 0.717) is 11.3 Å². The lowest BCUT2D eigenvalue weighted by atomic mass is 9.75. The maximum absolute atomic E-state index is 12.6. The van der Waals surface area contributed by atoms with Crippen LogP contribution in [0.1, 0.15) is 59.3 Å². The lowest BCUT2D eigenvalue weighted by Crippen LogP contribution is -2.47. The standard InChI is InChI=1S/C16H26N2O/c1-15(2,3)13-6-10-18(11-7-13)14(19)16(12-17)8-4-5-9-16/h13H,4-11H2,1-3H3. The maximum Gasteiger partial charge on any atom is 0.243 e. The molecule has 2 aliphatic rings. The van der Waals surface area contributed by atoms with Crippen molar-refractivity contribution in [2.24, 2.45) is 16.7 Å². The summed E-state index contributed by atoms with van der Waals surface area (Å²) in [7, 11) is 0. The van der Waals surface area contributed by atoms with Crippen molar-refractivity contribution in [2.75, 3.05) is 13.1 Å². The highest BCUT2D eigenvalue weighted by molar-refractivity contribution is 5.85. The SMILES string of the molecule is CC(C)(C)C1CCN(C(=O)C2(C#N)CCCC2)CC1. The van der Waals surface area contributed by atoms with Crippen molar-refractivity contribution in [1.29, 1.82) is 5.26 Å². The van der Waals surface area contributed by atoms with Crippen molar-refractivity contribution in [2.45, 2.75) is 59.3 Å². The van der Waals surface area contributed by atoms with Crippen molar-refractivity contribution in [1.82, 2.24) is 4.90 Å². The highest BCUT2D eigenvalue weighted by Gasteiger charge is 2.45. The molecule has 3 nitrogen and oxygen atoms in total. The first-order chi connectivity index (χ1) is 8.89. The van der Waals surface area contributed by atoms with Crippen molar-refractivity contribution >= 4 is 5.91 Å². The van der Waals surface area contributed by atoms with Gasteiger partial charge in [0.25, 0.3) is 0 Å². The number of hydrogen-bond donors (Lipinski definition) is 0. The fourth-order valence-corrected chi connectivity index (χ4v) is 3.60. The maximum atomic E-state index is 12.6. The number of amides is 1. The fraction of sp³-hybridized carbons (Fsp3) is 0.875. The van der Waals surface area contributed by atoms with E-state index in [0.717, 1.165) is 51.6 Å². The Morgan fingerprint density at radius 3 is 2.16 bits per heavy atom. The summed E-state index contributed by atoms with van der Waals surface area (Å²) in [5, 5.41) is 9.40. The quantitative estimate of drug-likeness (QED) is 0.727. The molecular formula is C16H26N2O. The second kappa shape index (κ2) is 5.15. The largest absolute Gasteiger partial charge is 0.341 e. The smallest absolute Gasteiger partial charge is 0.243 e. The molecule has 0 aromatic rings. The molecule has 0 aromatic heterocycles. The minimum Gasteiger partial charge on any atom is -0.341 e. The van der Waals surface area contributed by atoms with Gasteiger partial charge in [-0.25, -0.2) is 0 Å². The van der Waals surface area contributed by atoms with Crippen LogP contribution in [0.3, 0.4) is 0 Å². The molecular weight excluding hydrogens is 236 g/mol. The summed E-state index contributed by atoms with van der Waals surface area (Å²) in [6, 6.07) is 2.32. The number of piperidine rings is 1. The number of carbonyl (C=O) groups excluding carboxylic acids is 1. The third kappa shape index (κ3) is 2.78. The van der Waals surface area contributed by atoms with Crippen molar-refractivity contribution in [3.63, 3.8) is 0 Å². The molecule has 1 saturated heterocycles. The third-order valence-corrected chi connectivity index (χ3v) is 5.09. The van der Waals surface area contributed by atoms with Gasteiger partial charge in [-0.3, -0.25) is 4.79 Å². The van der Waals surface area contributed by atoms with Crippen LogP contribution in [0.2, 0.25) is 0 Å². The zero-order valence-corrected chi connectivity index (χ0v) is 12.5. The average molecular weight is 262 g/mol. The Morgan fingerprint density at radius 2 is 1.74 bits per heavy atom. The molecule has 0 radical (unpaired) electrons. The molecule has 0 N–H and O–H groups in total. The molecule has 1 heterocycles. The molecule has 1 aliphatic heterocycles. The van der Waals surface area contributed by atoms with Gasteiger partial charge in [-0.2, -0.15) is 5.26 Å². The van der Waals surface area contributed by atoms with Gasteiger partial charge in [0.15, 0.2) is 0 Å². The van der Waals surface area contributed by atoms with Crippen LogP contribution in [0.15, 0.2) is 0 Å². The van der Waals surface area contributed by atoms with E-state index in [1.54, 1.807) is 0 Å². The first-order valence-corrected chi connectivity index (χ1v) is 7.60. The van der Waals surface area contributed by atoms with Crippen LogP contribution >= 0.6 is 0 Å². The summed E-state index contributed by atoms with van der Waals surface area (Å²) >= 11 is 0. The minimum absolute atomic E-state index is 0.111. The second-order valence-corrected chi connectivity index (χ2v) is 7.33. The molecule has 0 atom stereocenters. The molecule has 1 amide bonds. The topological polar surface area (TPSA) is 44.1 Å². The molecule has 2 fully saturated rings. The average Bonchev–Trinajstić information content (AvgIpc) is 2.87. The predicted molar refractivity (Wildman–Crippen MR) is 75.3 cm³/mol. The highest BCUT2D eigenvalue weighted by atomic mass is 16.2. The van der Waals surface area contributed by atoms with Gasteiger partial charge in [-0.1, -0.05) is 33.6 Å². The Morgan fingerprint density at radius 1 is 1.21 bits per heavy atom. The van der Waals surface area contributed by atoms with Gasteiger partial charge in [0.2, 0.25) is 5.91 Å². The van der Waals surface area contributed by atoms with Crippen LogP contribution in [0.4, 0.5) is 0 Å². The van der Waals surface area contributed by atoms with Gasteiger partial charge >= 0.3 is 0 Å². The number of likely N-dealkylation sites (tertiary alicyclic amines) is 1. The van der Waals surface area contributed by atoms with E-state index >= 15 is 0 Å². The highest BCUT2D eigenvalue weighted by Crippen LogP contribution is 2.41. The van der Waals surface area contributed by atoms with E-state index in [9.17, 15) is 10.1 Å². The van der Waals surface area contributed by atoms with E-state index in [-0.39, 0.29) is 5.91 Å². The van der Waals surface area contributed by atoms with Crippen LogP contribution < -0.4 is 0 Å². The van der Waals surface area contributed by atoms with E-state index in [2.05, 4.69) is 26.8 Å². The van der Waals surface area contributed by atoms with Gasteiger partial charge in [0.05, 0.1) is 6.07 Å². The monoisotopic (exact) mass is 262 g/mol. The first-order valence-electron chi connectivity index (χ1n) is 7.60. The van der Waals surface area contributed by atoms with E-state index in [1.807, 2.05) is 4.90 Å². The second-order valence-electron chi connectivity index (χ2n) is 7.33. The number of hydrogen-bond acceptors (Lipinski definition) is 2. The Labute approximate surface area is 117 Å². The summed E-state index contributed by atoms with van der Waals surface area (Å²) in [5.74, 6) is 0.804. The van der Waals surface area contributed by atoms with E-state index in [1.165, 1.54) is 0 Å². The van der Waals surface area contributed by atoms with E-state index < -0.39 is 5.41 Å². The Balaban J connectivity index is 1.98. The van der Waals surface area contributed by atoms with Crippen LogP contribution in [0.25, 0.3) is 0 Å². The van der Waals surface area contributed by atoms with Crippen LogP contribution in [-0.4, -0.2) is 23.9 Å². The summed E-state index contributed by atoms with van der Waals surface area (Å²) < 4.78 is 0. The van der Waals surface area contributed by atoms with Gasteiger partial charge in [-0.05, 0) is 37.0 Å². The zero-order valence-electron chi connectivity index (χ0n) is 12.5. The van der Waals surface area contributed by atoms with Crippen LogP contribution in [-0.2, 0) is 4.79 Å². The van der Waals surface area contributed by atoms with Crippen LogP contribution in [0, 0.1) is 28.1 Å². The molecule has 0 aromatic carbocycles. The minimum atomic E-state index is -0.686. The first kappa shape index (κ1) is 14.4. The number of rotatable bonds is 1. The number of nitriles is 1. The Hall–Kier alpha value is -1.04. The Kier molecular flexibility index (Phi) is 3.90. The fourth-order valence-electron chi connectivity index (χ4n) is 3.60. The molecule has 3 heteroatoms. The molecule has 0 unspecified atom stereocenters. The van der Waals surface area contributed by atoms with Gasteiger partial charge in [0.1, 0.15) is 5.41 Å². The number of nitrogens with zero attached hydrogens (tertiary/aromatic N) is 2. The molecule has 1 aliphatic carbocycles. The van der Waals surface area contributed by atoms with Gasteiger partial charge in [-0.15, -0.1) is 0 Å². The van der Waals surface area contributed by atoms with Crippen molar-refractivity contribution < 1.29 is 4.79 Å². The molecule has 19 heavy (non-hydrogen) atoms. The predicted octanol–water partition coefficient (Wildman–Crippen LogP) is 3.36. The molecule has 2 rings (SSSR count). The molecule has 1 saturated carbocycles. The number of carbonyl (C=O) groups is 1. The molecule has 0 bridgehead atoms. The zero-order chi connectivity index (χ0) is 14.1. The molecule has 0 spiro atoms. The van der Waals surface area contributed by atoms with Gasteiger partial charge in [0, 0.05) is 13.1 Å². The summed E-state index contributed by atoms with van der Waals surface area (Å²) in [5.41, 5.74) is -0.357. The molecule has 106 valence electrons. The lowest BCUT2D eigenvalue weighted by molar-refractivity contribution is -0.140. The van der Waals surface area contributed by atoms with Gasteiger partial charge < -0.3 is 4.90 Å². The van der Waals surface area contributed by atoms with Crippen LogP contribution in [0.5, 0.6) is 0 Å².